The molecule has 0 radical (unpaired) electrons. The van der Waals surface area contributed by atoms with Gasteiger partial charge in [0.15, 0.2) is 5.82 Å². The molecule has 2 heterocycles. The largest absolute Gasteiger partial charge is 0.456 e. The smallest absolute Gasteiger partial charge is 0.157 e. The van der Waals surface area contributed by atoms with E-state index in [-0.39, 0.29) is 0 Å². The second-order valence-corrected chi connectivity index (χ2v) is 7.78. The lowest BCUT2D eigenvalue weighted by molar-refractivity contribution is 0.615. The van der Waals surface area contributed by atoms with Gasteiger partial charge in [-0.25, -0.2) is 9.97 Å². The number of nitrogens with zero attached hydrogens (tertiary/aromatic N) is 3. The van der Waals surface area contributed by atoms with Gasteiger partial charge in [0, 0.05) is 22.4 Å². The van der Waals surface area contributed by atoms with Gasteiger partial charge in [0.2, 0.25) is 0 Å². The zero-order chi connectivity index (χ0) is 21.4. The van der Waals surface area contributed by atoms with Crippen molar-refractivity contribution >= 4 is 27.7 Å². The van der Waals surface area contributed by atoms with E-state index in [1.807, 2.05) is 30.3 Å². The Morgan fingerprint density at radius 3 is 2.45 bits per heavy atom. The Balaban J connectivity index is 1.71. The molecule has 0 aliphatic rings. The maximum atomic E-state index is 6.32. The SMILES string of the molecule is Cc1ccc(-c2c/c(=N/Nc3ncnc4ccccc34)c3cc(C)cc(C)c3o2)cc1. The van der Waals surface area contributed by atoms with Crippen LogP contribution < -0.4 is 10.8 Å². The summed E-state index contributed by atoms with van der Waals surface area (Å²) in [5.41, 5.74) is 9.31. The molecule has 5 nitrogen and oxygen atoms in total. The lowest BCUT2D eigenvalue weighted by Gasteiger charge is -2.09. The zero-order valence-corrected chi connectivity index (χ0v) is 17.7. The molecular weight excluding hydrogens is 384 g/mol. The van der Waals surface area contributed by atoms with Gasteiger partial charge in [-0.1, -0.05) is 48.0 Å². The molecule has 5 heteroatoms. The Kier molecular flexibility index (Phi) is 4.71. The predicted molar refractivity (Wildman–Crippen MR) is 125 cm³/mol. The van der Waals surface area contributed by atoms with Gasteiger partial charge in [-0.2, -0.15) is 5.10 Å². The molecule has 0 aliphatic heterocycles. The topological polar surface area (TPSA) is 63.3 Å². The normalized spacial score (nSPS) is 11.9. The van der Waals surface area contributed by atoms with E-state index in [0.717, 1.165) is 49.7 Å². The molecule has 0 saturated carbocycles. The van der Waals surface area contributed by atoms with Crippen molar-refractivity contribution in [2.75, 3.05) is 5.43 Å². The van der Waals surface area contributed by atoms with Gasteiger partial charge in [-0.3, -0.25) is 5.43 Å². The van der Waals surface area contributed by atoms with Crippen LogP contribution in [0.2, 0.25) is 0 Å². The van der Waals surface area contributed by atoms with Crippen LogP contribution in [0.3, 0.4) is 0 Å². The van der Waals surface area contributed by atoms with Crippen LogP contribution in [0, 0.1) is 20.8 Å². The Labute approximate surface area is 180 Å². The van der Waals surface area contributed by atoms with E-state index in [1.54, 1.807) is 6.33 Å². The first kappa shape index (κ1) is 19.0. The van der Waals surface area contributed by atoms with Crippen molar-refractivity contribution in [3.05, 3.63) is 95.1 Å². The summed E-state index contributed by atoms with van der Waals surface area (Å²) in [5.74, 6) is 1.44. The van der Waals surface area contributed by atoms with Crippen molar-refractivity contribution in [3.63, 3.8) is 0 Å². The highest BCUT2D eigenvalue weighted by atomic mass is 16.3. The minimum absolute atomic E-state index is 0.667. The molecule has 0 atom stereocenters. The van der Waals surface area contributed by atoms with Crippen LogP contribution in [0.15, 0.2) is 82.6 Å². The van der Waals surface area contributed by atoms with Crippen LogP contribution in [-0.2, 0) is 0 Å². The molecular formula is C26H22N4O. The monoisotopic (exact) mass is 406 g/mol. The van der Waals surface area contributed by atoms with Gasteiger partial charge in [-0.05, 0) is 50.1 Å². The number of aromatic nitrogens is 2. The maximum Gasteiger partial charge on any atom is 0.157 e. The Bertz CT molecular complexity index is 1480. The summed E-state index contributed by atoms with van der Waals surface area (Å²) in [4.78, 5) is 8.71. The summed E-state index contributed by atoms with van der Waals surface area (Å²) in [7, 11) is 0. The fourth-order valence-corrected chi connectivity index (χ4v) is 3.78. The first-order chi connectivity index (χ1) is 15.1. The highest BCUT2D eigenvalue weighted by molar-refractivity contribution is 5.88. The summed E-state index contributed by atoms with van der Waals surface area (Å²) in [6, 6.07) is 22.4. The molecule has 31 heavy (non-hydrogen) atoms. The van der Waals surface area contributed by atoms with Crippen molar-refractivity contribution < 1.29 is 4.42 Å². The fraction of sp³-hybridized carbons (Fsp3) is 0.115. The maximum absolute atomic E-state index is 6.32. The summed E-state index contributed by atoms with van der Waals surface area (Å²) in [5, 5.41) is 7.42. The number of rotatable bonds is 3. The number of benzene rings is 3. The molecule has 2 aromatic heterocycles. The molecule has 0 bridgehead atoms. The minimum atomic E-state index is 0.667. The minimum Gasteiger partial charge on any atom is -0.456 e. The van der Waals surface area contributed by atoms with E-state index in [0.29, 0.717) is 5.82 Å². The van der Waals surface area contributed by atoms with Crippen LogP contribution in [0.25, 0.3) is 33.2 Å². The van der Waals surface area contributed by atoms with E-state index < -0.39 is 0 Å². The highest BCUT2D eigenvalue weighted by Crippen LogP contribution is 2.26. The van der Waals surface area contributed by atoms with Crippen LogP contribution in [0.1, 0.15) is 16.7 Å². The number of para-hydroxylation sites is 1. The average Bonchev–Trinajstić information content (AvgIpc) is 2.78. The van der Waals surface area contributed by atoms with Crippen molar-refractivity contribution in [2.24, 2.45) is 5.10 Å². The summed E-state index contributed by atoms with van der Waals surface area (Å²) in [6.07, 6.45) is 1.55. The molecule has 152 valence electrons. The van der Waals surface area contributed by atoms with Crippen LogP contribution in [0.5, 0.6) is 0 Å². The van der Waals surface area contributed by atoms with Gasteiger partial charge < -0.3 is 4.42 Å². The standard InChI is InChI=1S/C26H22N4O/c1-16-8-10-19(11-9-16)24-14-23(21-13-17(2)12-18(3)25(21)31-24)29-30-26-20-6-4-5-7-22(20)27-15-28-26/h4-15H,1-3H3,(H,27,28,30)/b29-23-. The molecule has 0 aliphatic carbocycles. The van der Waals surface area contributed by atoms with E-state index >= 15 is 0 Å². The molecule has 1 N–H and O–H groups in total. The van der Waals surface area contributed by atoms with E-state index in [2.05, 4.69) is 72.6 Å². The van der Waals surface area contributed by atoms with Gasteiger partial charge in [0.05, 0.1) is 10.9 Å². The number of nitrogens with one attached hydrogen (secondary N) is 1. The third-order valence-corrected chi connectivity index (χ3v) is 5.34. The first-order valence-corrected chi connectivity index (χ1v) is 10.2. The van der Waals surface area contributed by atoms with Crippen molar-refractivity contribution in [2.45, 2.75) is 20.8 Å². The Hall–Kier alpha value is -3.99. The van der Waals surface area contributed by atoms with Gasteiger partial charge in [-0.15, -0.1) is 0 Å². The zero-order valence-electron chi connectivity index (χ0n) is 17.7. The molecule has 0 spiro atoms. The molecule has 0 unspecified atom stereocenters. The summed E-state index contributed by atoms with van der Waals surface area (Å²) in [6.45, 7) is 6.22. The number of hydrogen-bond donors (Lipinski definition) is 1. The summed E-state index contributed by atoms with van der Waals surface area (Å²) >= 11 is 0. The molecule has 0 amide bonds. The van der Waals surface area contributed by atoms with Crippen LogP contribution >= 0.6 is 0 Å². The third kappa shape index (κ3) is 3.66. The van der Waals surface area contributed by atoms with Gasteiger partial charge >= 0.3 is 0 Å². The molecule has 5 aromatic rings. The number of hydrogen-bond acceptors (Lipinski definition) is 5. The predicted octanol–water partition coefficient (Wildman–Crippen LogP) is 5.90. The van der Waals surface area contributed by atoms with Crippen LogP contribution in [0.4, 0.5) is 5.82 Å². The number of fused-ring (bicyclic) bond motifs is 2. The van der Waals surface area contributed by atoms with Gasteiger partial charge in [0.1, 0.15) is 17.7 Å². The lowest BCUT2D eigenvalue weighted by atomic mass is 10.1. The van der Waals surface area contributed by atoms with Crippen molar-refractivity contribution in [3.8, 4) is 11.3 Å². The molecule has 5 rings (SSSR count). The van der Waals surface area contributed by atoms with E-state index in [4.69, 9.17) is 9.52 Å². The van der Waals surface area contributed by atoms with E-state index in [9.17, 15) is 0 Å². The number of aryl methyl sites for hydroxylation is 3. The second kappa shape index (κ2) is 7.69. The van der Waals surface area contributed by atoms with Crippen LogP contribution in [-0.4, -0.2) is 9.97 Å². The highest BCUT2D eigenvalue weighted by Gasteiger charge is 2.10. The Morgan fingerprint density at radius 1 is 0.806 bits per heavy atom. The van der Waals surface area contributed by atoms with Crippen molar-refractivity contribution in [1.82, 2.24) is 9.97 Å². The number of anilines is 1. The third-order valence-electron chi connectivity index (χ3n) is 5.34. The lowest BCUT2D eigenvalue weighted by Crippen LogP contribution is -2.09. The molecule has 3 aromatic carbocycles. The second-order valence-electron chi connectivity index (χ2n) is 7.78. The average molecular weight is 406 g/mol. The fourth-order valence-electron chi connectivity index (χ4n) is 3.78. The van der Waals surface area contributed by atoms with Crippen molar-refractivity contribution in [1.29, 1.82) is 0 Å². The van der Waals surface area contributed by atoms with Gasteiger partial charge in [0.25, 0.3) is 0 Å². The Morgan fingerprint density at radius 2 is 1.61 bits per heavy atom. The summed E-state index contributed by atoms with van der Waals surface area (Å²) < 4.78 is 6.32. The molecule has 0 fully saturated rings. The first-order valence-electron chi connectivity index (χ1n) is 10.2. The van der Waals surface area contributed by atoms with E-state index in [1.165, 1.54) is 5.56 Å². The quantitative estimate of drug-likeness (QED) is 0.379. The molecule has 0 saturated heterocycles.